The van der Waals surface area contributed by atoms with Gasteiger partial charge in [0, 0.05) is 25.8 Å². The van der Waals surface area contributed by atoms with Crippen molar-refractivity contribution >= 4 is 16.7 Å². The summed E-state index contributed by atoms with van der Waals surface area (Å²) in [5.41, 5.74) is 3.49. The summed E-state index contributed by atoms with van der Waals surface area (Å²) in [6.07, 6.45) is 0. The molecular weight excluding hydrogens is 198 g/mol. The van der Waals surface area contributed by atoms with Crippen molar-refractivity contribution in [3.63, 3.8) is 0 Å². The van der Waals surface area contributed by atoms with E-state index in [0.717, 1.165) is 11.3 Å². The fourth-order valence-corrected chi connectivity index (χ4v) is 1.83. The summed E-state index contributed by atoms with van der Waals surface area (Å²) in [5, 5.41) is 0. The van der Waals surface area contributed by atoms with E-state index in [2.05, 4.69) is 60.6 Å². The summed E-state index contributed by atoms with van der Waals surface area (Å²) >= 11 is 0. The largest absolute Gasteiger partial charge is 0.372 e. The van der Waals surface area contributed by atoms with Crippen molar-refractivity contribution < 1.29 is 0 Å². The molecule has 2 rings (SSSR count). The Balaban J connectivity index is 2.52. The Kier molecular flexibility index (Phi) is 2.62. The van der Waals surface area contributed by atoms with Crippen LogP contribution >= 0.6 is 0 Å². The standard InChI is InChI=1S/C13H19N3/c1-9(2)15(4)11-6-7-13-12(8-11)14-10(3)16(13)5/h6-9H,1-5H3. The average Bonchev–Trinajstić information content (AvgIpc) is 2.53. The number of imidazole rings is 1. The fraction of sp³-hybridized carbons (Fsp3) is 0.462. The van der Waals surface area contributed by atoms with E-state index in [1.54, 1.807) is 0 Å². The maximum atomic E-state index is 4.55. The highest BCUT2D eigenvalue weighted by Gasteiger charge is 2.08. The van der Waals surface area contributed by atoms with Gasteiger partial charge in [0.25, 0.3) is 0 Å². The highest BCUT2D eigenvalue weighted by Crippen LogP contribution is 2.22. The molecule has 0 amide bonds. The highest BCUT2D eigenvalue weighted by atomic mass is 15.1. The smallest absolute Gasteiger partial charge is 0.106 e. The predicted octanol–water partition coefficient (Wildman–Crippen LogP) is 2.73. The topological polar surface area (TPSA) is 21.1 Å². The number of nitrogens with zero attached hydrogens (tertiary/aromatic N) is 3. The number of anilines is 1. The summed E-state index contributed by atoms with van der Waals surface area (Å²) in [5.74, 6) is 1.05. The summed E-state index contributed by atoms with van der Waals surface area (Å²) in [4.78, 5) is 6.80. The van der Waals surface area contributed by atoms with Crippen molar-refractivity contribution in [3.05, 3.63) is 24.0 Å². The van der Waals surface area contributed by atoms with Gasteiger partial charge < -0.3 is 9.47 Å². The summed E-state index contributed by atoms with van der Waals surface area (Å²) < 4.78 is 2.12. The second kappa shape index (κ2) is 3.81. The van der Waals surface area contributed by atoms with Crippen LogP contribution in [-0.4, -0.2) is 22.6 Å². The molecule has 0 radical (unpaired) electrons. The molecule has 16 heavy (non-hydrogen) atoms. The Hall–Kier alpha value is -1.51. The maximum Gasteiger partial charge on any atom is 0.106 e. The number of hydrogen-bond acceptors (Lipinski definition) is 2. The molecule has 1 aromatic heterocycles. The minimum Gasteiger partial charge on any atom is -0.372 e. The second-order valence-corrected chi connectivity index (χ2v) is 4.60. The molecule has 0 saturated carbocycles. The Morgan fingerprint density at radius 2 is 2.00 bits per heavy atom. The van der Waals surface area contributed by atoms with E-state index < -0.39 is 0 Å². The van der Waals surface area contributed by atoms with Crippen LogP contribution in [-0.2, 0) is 7.05 Å². The Labute approximate surface area is 96.7 Å². The van der Waals surface area contributed by atoms with Gasteiger partial charge in [0.1, 0.15) is 5.82 Å². The van der Waals surface area contributed by atoms with E-state index in [1.807, 2.05) is 6.92 Å². The molecule has 0 aliphatic carbocycles. The maximum absolute atomic E-state index is 4.55. The van der Waals surface area contributed by atoms with Crippen molar-refractivity contribution in [1.82, 2.24) is 9.55 Å². The van der Waals surface area contributed by atoms with E-state index in [4.69, 9.17) is 0 Å². The Morgan fingerprint density at radius 1 is 1.31 bits per heavy atom. The Bertz CT molecular complexity index is 511. The van der Waals surface area contributed by atoms with Crippen molar-refractivity contribution in [2.24, 2.45) is 7.05 Å². The number of aromatic nitrogens is 2. The zero-order valence-corrected chi connectivity index (χ0v) is 10.7. The molecular formula is C13H19N3. The number of hydrogen-bond donors (Lipinski definition) is 0. The van der Waals surface area contributed by atoms with E-state index in [9.17, 15) is 0 Å². The van der Waals surface area contributed by atoms with Crippen molar-refractivity contribution in [1.29, 1.82) is 0 Å². The Morgan fingerprint density at radius 3 is 2.62 bits per heavy atom. The van der Waals surface area contributed by atoms with Gasteiger partial charge in [0.2, 0.25) is 0 Å². The monoisotopic (exact) mass is 217 g/mol. The normalized spacial score (nSPS) is 11.4. The lowest BCUT2D eigenvalue weighted by Crippen LogP contribution is -2.25. The fourth-order valence-electron chi connectivity index (χ4n) is 1.83. The van der Waals surface area contributed by atoms with E-state index >= 15 is 0 Å². The van der Waals surface area contributed by atoms with Gasteiger partial charge >= 0.3 is 0 Å². The molecule has 0 aliphatic heterocycles. The summed E-state index contributed by atoms with van der Waals surface area (Å²) in [6, 6.07) is 6.96. The van der Waals surface area contributed by atoms with Crippen molar-refractivity contribution in [2.45, 2.75) is 26.8 Å². The van der Waals surface area contributed by atoms with Crippen LogP contribution in [0.5, 0.6) is 0 Å². The van der Waals surface area contributed by atoms with Gasteiger partial charge in [-0.15, -0.1) is 0 Å². The third-order valence-electron chi connectivity index (χ3n) is 3.27. The quantitative estimate of drug-likeness (QED) is 0.771. The molecule has 0 unspecified atom stereocenters. The number of fused-ring (bicyclic) bond motifs is 1. The number of rotatable bonds is 2. The predicted molar refractivity (Wildman–Crippen MR) is 69.0 cm³/mol. The molecule has 0 spiro atoms. The van der Waals surface area contributed by atoms with Crippen molar-refractivity contribution in [2.75, 3.05) is 11.9 Å². The lowest BCUT2D eigenvalue weighted by atomic mass is 10.2. The minimum absolute atomic E-state index is 0.502. The van der Waals surface area contributed by atoms with Gasteiger partial charge in [0.15, 0.2) is 0 Å². The first kappa shape index (κ1) is 11.0. The van der Waals surface area contributed by atoms with Gasteiger partial charge in [-0.3, -0.25) is 0 Å². The van der Waals surface area contributed by atoms with Gasteiger partial charge in [-0.1, -0.05) is 0 Å². The zero-order chi connectivity index (χ0) is 11.9. The lowest BCUT2D eigenvalue weighted by Gasteiger charge is -2.23. The van der Waals surface area contributed by atoms with Crippen LogP contribution < -0.4 is 4.90 Å². The SMILES string of the molecule is Cc1nc2cc(N(C)C(C)C)ccc2n1C. The molecule has 2 aromatic rings. The highest BCUT2D eigenvalue weighted by molar-refractivity contribution is 5.80. The zero-order valence-electron chi connectivity index (χ0n) is 10.7. The van der Waals surface area contributed by atoms with Crippen LogP contribution in [0.2, 0.25) is 0 Å². The lowest BCUT2D eigenvalue weighted by molar-refractivity contribution is 0.755. The molecule has 3 nitrogen and oxygen atoms in total. The van der Waals surface area contributed by atoms with Crippen LogP contribution in [0.4, 0.5) is 5.69 Å². The first-order chi connectivity index (χ1) is 7.50. The summed E-state index contributed by atoms with van der Waals surface area (Å²) in [7, 11) is 4.16. The molecule has 1 aromatic carbocycles. The first-order valence-electron chi connectivity index (χ1n) is 5.66. The molecule has 0 atom stereocenters. The van der Waals surface area contributed by atoms with Crippen LogP contribution in [0.1, 0.15) is 19.7 Å². The molecule has 0 saturated heterocycles. The third-order valence-corrected chi connectivity index (χ3v) is 3.27. The van der Waals surface area contributed by atoms with Crippen LogP contribution in [0.15, 0.2) is 18.2 Å². The molecule has 86 valence electrons. The number of aryl methyl sites for hydroxylation is 2. The van der Waals surface area contributed by atoms with Crippen LogP contribution in [0.3, 0.4) is 0 Å². The van der Waals surface area contributed by atoms with E-state index in [-0.39, 0.29) is 0 Å². The third kappa shape index (κ3) is 1.66. The minimum atomic E-state index is 0.502. The molecule has 0 aliphatic rings. The average molecular weight is 217 g/mol. The summed E-state index contributed by atoms with van der Waals surface area (Å²) in [6.45, 7) is 6.41. The molecule has 1 heterocycles. The van der Waals surface area contributed by atoms with E-state index in [1.165, 1.54) is 11.2 Å². The van der Waals surface area contributed by atoms with E-state index in [0.29, 0.717) is 6.04 Å². The van der Waals surface area contributed by atoms with Gasteiger partial charge in [-0.05, 0) is 39.0 Å². The molecule has 3 heteroatoms. The number of benzene rings is 1. The molecule has 0 bridgehead atoms. The van der Waals surface area contributed by atoms with Crippen LogP contribution in [0, 0.1) is 6.92 Å². The molecule has 0 N–H and O–H groups in total. The van der Waals surface area contributed by atoms with Crippen LogP contribution in [0.25, 0.3) is 11.0 Å². The second-order valence-electron chi connectivity index (χ2n) is 4.60. The van der Waals surface area contributed by atoms with Crippen molar-refractivity contribution in [3.8, 4) is 0 Å². The molecule has 0 fully saturated rings. The van der Waals surface area contributed by atoms with Gasteiger partial charge in [-0.2, -0.15) is 0 Å². The van der Waals surface area contributed by atoms with Gasteiger partial charge in [0.05, 0.1) is 11.0 Å². The van der Waals surface area contributed by atoms with Gasteiger partial charge in [-0.25, -0.2) is 4.98 Å². The first-order valence-corrected chi connectivity index (χ1v) is 5.66.